The van der Waals surface area contributed by atoms with Crippen molar-refractivity contribution in [1.29, 1.82) is 0 Å². The van der Waals surface area contributed by atoms with Crippen LogP contribution < -0.4 is 5.32 Å². The summed E-state index contributed by atoms with van der Waals surface area (Å²) in [5.41, 5.74) is -0.0896. The number of aliphatic hydroxyl groups excluding tert-OH is 1. The second kappa shape index (κ2) is 8.44. The van der Waals surface area contributed by atoms with Crippen LogP contribution in [0.2, 0.25) is 0 Å². The van der Waals surface area contributed by atoms with Gasteiger partial charge in [-0.25, -0.2) is 4.79 Å². The Balaban J connectivity index is 1.48. The fourth-order valence-electron chi connectivity index (χ4n) is 2.91. The fraction of sp³-hybridized carbons (Fsp3) is 0.312. The zero-order valence-corrected chi connectivity index (χ0v) is 17.9. The SMILES string of the molecule is O=C(Cc1cccs1)N[C@@H]1C(=O)N2C(C(=O)O)=C(Sc3nnc(CO)s3)CS[C@H]12. The molecule has 0 spiro atoms. The Morgan fingerprint density at radius 2 is 2.21 bits per heavy atom. The molecule has 2 amide bonds. The van der Waals surface area contributed by atoms with E-state index < -0.39 is 23.3 Å². The number of aliphatic carboxylic acids is 1. The predicted molar refractivity (Wildman–Crippen MR) is 109 cm³/mol. The van der Waals surface area contributed by atoms with Gasteiger partial charge in [0.1, 0.15) is 22.1 Å². The van der Waals surface area contributed by atoms with Crippen LogP contribution in [-0.2, 0) is 27.4 Å². The van der Waals surface area contributed by atoms with Crippen LogP contribution in [0.15, 0.2) is 32.5 Å². The summed E-state index contributed by atoms with van der Waals surface area (Å²) in [6.45, 7) is -0.239. The summed E-state index contributed by atoms with van der Waals surface area (Å²) in [5.74, 6) is -1.55. The molecular weight excluding hydrogens is 456 g/mol. The normalized spacial score (nSPS) is 21.0. The van der Waals surface area contributed by atoms with Crippen LogP contribution in [0, 0.1) is 0 Å². The van der Waals surface area contributed by atoms with E-state index in [-0.39, 0.29) is 24.6 Å². The Labute approximate surface area is 181 Å². The molecule has 9 nitrogen and oxygen atoms in total. The van der Waals surface area contributed by atoms with Crippen LogP contribution in [0.3, 0.4) is 0 Å². The average Bonchev–Trinajstić information content (AvgIpc) is 3.37. The monoisotopic (exact) mass is 470 g/mol. The van der Waals surface area contributed by atoms with Gasteiger partial charge in [0.25, 0.3) is 5.91 Å². The lowest BCUT2D eigenvalue weighted by Crippen LogP contribution is -2.70. The van der Waals surface area contributed by atoms with Crippen LogP contribution in [0.25, 0.3) is 0 Å². The highest BCUT2D eigenvalue weighted by atomic mass is 32.2. The smallest absolute Gasteiger partial charge is 0.353 e. The van der Waals surface area contributed by atoms with Gasteiger partial charge in [-0.3, -0.25) is 14.5 Å². The number of fused-ring (bicyclic) bond motifs is 1. The van der Waals surface area contributed by atoms with E-state index in [0.717, 1.165) is 16.6 Å². The van der Waals surface area contributed by atoms with Crippen molar-refractivity contribution in [2.45, 2.75) is 28.8 Å². The number of β-lactam (4-membered cyclic amide) rings is 1. The number of rotatable bonds is 7. The number of carbonyl (C=O) groups is 3. The van der Waals surface area contributed by atoms with Gasteiger partial charge in [0, 0.05) is 15.5 Å². The zero-order valence-electron chi connectivity index (χ0n) is 14.6. The molecule has 0 unspecified atom stereocenters. The Morgan fingerprint density at radius 3 is 2.86 bits per heavy atom. The Hall–Kier alpha value is -1.93. The number of aromatic nitrogens is 2. The highest BCUT2D eigenvalue weighted by Gasteiger charge is 2.54. The van der Waals surface area contributed by atoms with Gasteiger partial charge in [-0.15, -0.1) is 33.3 Å². The van der Waals surface area contributed by atoms with Gasteiger partial charge in [-0.2, -0.15) is 0 Å². The van der Waals surface area contributed by atoms with Crippen LogP contribution in [0.5, 0.6) is 0 Å². The number of amides is 2. The highest BCUT2D eigenvalue weighted by molar-refractivity contribution is 8.07. The van der Waals surface area contributed by atoms with E-state index in [9.17, 15) is 19.5 Å². The van der Waals surface area contributed by atoms with Gasteiger partial charge in [-0.05, 0) is 11.4 Å². The van der Waals surface area contributed by atoms with Crippen molar-refractivity contribution in [1.82, 2.24) is 20.4 Å². The number of hydrogen-bond acceptors (Lipinski definition) is 10. The van der Waals surface area contributed by atoms with Crippen LogP contribution in [-0.4, -0.2) is 60.3 Å². The summed E-state index contributed by atoms with van der Waals surface area (Å²) in [6, 6.07) is 2.96. The van der Waals surface area contributed by atoms with Gasteiger partial charge in [0.15, 0.2) is 4.34 Å². The summed E-state index contributed by atoms with van der Waals surface area (Å²) < 4.78 is 0.496. The molecule has 0 bridgehead atoms. The molecule has 3 N–H and O–H groups in total. The summed E-state index contributed by atoms with van der Waals surface area (Å²) in [5, 5.41) is 31.1. The van der Waals surface area contributed by atoms with E-state index >= 15 is 0 Å². The number of nitrogens with zero attached hydrogens (tertiary/aromatic N) is 3. The van der Waals surface area contributed by atoms with E-state index in [2.05, 4.69) is 15.5 Å². The molecule has 2 aromatic rings. The van der Waals surface area contributed by atoms with Gasteiger partial charge in [0.05, 0.1) is 13.0 Å². The predicted octanol–water partition coefficient (Wildman–Crippen LogP) is 1.12. The molecule has 1 fully saturated rings. The minimum atomic E-state index is -1.21. The first kappa shape index (κ1) is 20.3. The van der Waals surface area contributed by atoms with E-state index in [1.54, 1.807) is 0 Å². The van der Waals surface area contributed by atoms with E-state index in [1.807, 2.05) is 17.5 Å². The number of carboxylic acids is 1. The Bertz CT molecular complexity index is 989. The van der Waals surface area contributed by atoms with Crippen molar-refractivity contribution in [2.75, 3.05) is 5.75 Å². The lowest BCUT2D eigenvalue weighted by Gasteiger charge is -2.49. The van der Waals surface area contributed by atoms with Crippen molar-refractivity contribution in [3.63, 3.8) is 0 Å². The maximum absolute atomic E-state index is 12.6. The van der Waals surface area contributed by atoms with Gasteiger partial charge < -0.3 is 15.5 Å². The lowest BCUT2D eigenvalue weighted by molar-refractivity contribution is -0.150. The number of thioether (sulfide) groups is 2. The molecule has 2 aliphatic heterocycles. The maximum atomic E-state index is 12.6. The number of thiophene rings is 1. The number of nitrogens with one attached hydrogen (secondary N) is 1. The van der Waals surface area contributed by atoms with Crippen molar-refractivity contribution in [2.24, 2.45) is 0 Å². The second-order valence-electron chi connectivity index (χ2n) is 6.01. The molecule has 2 aromatic heterocycles. The maximum Gasteiger partial charge on any atom is 0.353 e. The first-order chi connectivity index (χ1) is 14.0. The standard InChI is InChI=1S/C16H14N4O5S4/c21-5-10-18-19-16(29-10)28-8-6-27-14-11(13(23)20(14)12(8)15(24)25)17-9(22)4-7-2-1-3-26-7/h1-3,11,14,21H,4-6H2,(H,17,22)(H,24,25)/t11-,14-/m1/s1. The quantitative estimate of drug-likeness (QED) is 0.509. The number of carboxylic acid groups (broad SMARTS) is 1. The summed E-state index contributed by atoms with van der Waals surface area (Å²) in [6.07, 6.45) is 0.186. The molecule has 0 aliphatic carbocycles. The fourth-order valence-corrected chi connectivity index (χ4v) is 7.01. The molecule has 0 saturated carbocycles. The molecule has 2 aliphatic rings. The molecule has 2 atom stereocenters. The van der Waals surface area contributed by atoms with E-state index in [0.29, 0.717) is 20.0 Å². The minimum absolute atomic E-state index is 0.0896. The zero-order chi connectivity index (χ0) is 20.5. The van der Waals surface area contributed by atoms with Crippen LogP contribution in [0.4, 0.5) is 0 Å². The molecule has 0 aromatic carbocycles. The van der Waals surface area contributed by atoms with Gasteiger partial charge in [-0.1, -0.05) is 29.2 Å². The molecule has 4 rings (SSSR count). The third-order valence-corrected chi connectivity index (χ3v) is 8.54. The average molecular weight is 471 g/mol. The molecule has 29 heavy (non-hydrogen) atoms. The topological polar surface area (TPSA) is 133 Å². The van der Waals surface area contributed by atoms with Gasteiger partial charge in [0.2, 0.25) is 5.91 Å². The molecule has 13 heteroatoms. The number of carbonyl (C=O) groups excluding carboxylic acids is 2. The first-order valence-corrected chi connectivity index (χ1v) is 11.9. The molecular formula is C16H14N4O5S4. The second-order valence-corrected chi connectivity index (χ2v) is 10.6. The van der Waals surface area contributed by atoms with Crippen LogP contribution >= 0.6 is 46.2 Å². The summed E-state index contributed by atoms with van der Waals surface area (Å²) in [4.78, 5) is 39.3. The first-order valence-electron chi connectivity index (χ1n) is 8.32. The highest BCUT2D eigenvalue weighted by Crippen LogP contribution is 2.45. The van der Waals surface area contributed by atoms with E-state index in [4.69, 9.17) is 5.11 Å². The Morgan fingerprint density at radius 1 is 1.38 bits per heavy atom. The summed E-state index contributed by atoms with van der Waals surface area (Å²) in [7, 11) is 0. The summed E-state index contributed by atoms with van der Waals surface area (Å²) >= 11 is 5.15. The largest absolute Gasteiger partial charge is 0.477 e. The number of aliphatic hydroxyl groups is 1. The molecule has 0 radical (unpaired) electrons. The van der Waals surface area contributed by atoms with Crippen LogP contribution in [0.1, 0.15) is 9.88 Å². The van der Waals surface area contributed by atoms with Crippen molar-refractivity contribution >= 4 is 64.0 Å². The minimum Gasteiger partial charge on any atom is -0.477 e. The van der Waals surface area contributed by atoms with Gasteiger partial charge >= 0.3 is 5.97 Å². The number of hydrogen-bond donors (Lipinski definition) is 3. The van der Waals surface area contributed by atoms with E-state index in [1.165, 1.54) is 39.3 Å². The molecule has 1 saturated heterocycles. The third kappa shape index (κ3) is 4.05. The molecule has 152 valence electrons. The van der Waals surface area contributed by atoms with Crippen molar-refractivity contribution in [3.8, 4) is 0 Å². The van der Waals surface area contributed by atoms with Crippen molar-refractivity contribution < 1.29 is 24.6 Å². The third-order valence-electron chi connectivity index (χ3n) is 4.16. The lowest BCUT2D eigenvalue weighted by atomic mass is 10.0. The molecule has 4 heterocycles. The Kier molecular flexibility index (Phi) is 5.92. The van der Waals surface area contributed by atoms with Crippen molar-refractivity contribution in [3.05, 3.63) is 38.0 Å².